The molecule has 0 heterocycles. The highest BCUT2D eigenvalue weighted by molar-refractivity contribution is 6.27. The summed E-state index contributed by atoms with van der Waals surface area (Å²) in [6.45, 7) is 13.2. The van der Waals surface area contributed by atoms with Gasteiger partial charge in [0.1, 0.15) is 5.75 Å². The molecule has 1 amide bonds. The Bertz CT molecular complexity index is 1350. The Balaban J connectivity index is 1.48. The minimum Gasteiger partial charge on any atom is -0.493 e. The van der Waals surface area contributed by atoms with E-state index in [4.69, 9.17) is 9.73 Å². The van der Waals surface area contributed by atoms with Crippen molar-refractivity contribution < 1.29 is 14.3 Å². The number of nitrogens with zero attached hydrogens (tertiary/aromatic N) is 2. The number of Topliss-reactive ketones (excluding diaryl/α,β-unsaturated/α-hetero) is 1. The molecule has 0 radical (unpaired) electrons. The summed E-state index contributed by atoms with van der Waals surface area (Å²) in [7, 11) is 0. The van der Waals surface area contributed by atoms with E-state index in [1.54, 1.807) is 6.08 Å². The van der Waals surface area contributed by atoms with Gasteiger partial charge in [-0.3, -0.25) is 14.6 Å². The number of ether oxygens (including phenoxy) is 1. The molecule has 6 nitrogen and oxygen atoms in total. The van der Waals surface area contributed by atoms with Gasteiger partial charge < -0.3 is 15.0 Å². The zero-order chi connectivity index (χ0) is 27.9. The Hall–Kier alpha value is -3.93. The van der Waals surface area contributed by atoms with Crippen molar-refractivity contribution >= 4 is 28.8 Å². The SMILES string of the molecule is CCN(CC)c1ccc(N=C2C=C(C(=O)NCCCOc3ccc(C)cc3C)C(=O)C3C=CC=CC23)c(C)c1. The van der Waals surface area contributed by atoms with Crippen molar-refractivity contribution in [1.82, 2.24) is 5.32 Å². The molecule has 4 rings (SSSR count). The quantitative estimate of drug-likeness (QED) is 0.306. The number of carbonyl (C=O) groups excluding carboxylic acids is 2. The second-order valence-corrected chi connectivity index (χ2v) is 10.2. The fraction of sp³-hybridized carbons (Fsp3) is 0.364. The monoisotopic (exact) mass is 525 g/mol. The molecule has 2 unspecified atom stereocenters. The first-order valence-electron chi connectivity index (χ1n) is 13.9. The molecule has 2 atom stereocenters. The van der Waals surface area contributed by atoms with Crippen LogP contribution in [0.4, 0.5) is 11.4 Å². The average Bonchev–Trinajstić information content (AvgIpc) is 2.93. The van der Waals surface area contributed by atoms with Crippen molar-refractivity contribution in [1.29, 1.82) is 0 Å². The highest BCUT2D eigenvalue weighted by atomic mass is 16.5. The number of anilines is 1. The summed E-state index contributed by atoms with van der Waals surface area (Å²) in [4.78, 5) is 33.7. The smallest absolute Gasteiger partial charge is 0.254 e. The number of hydrogen-bond donors (Lipinski definition) is 1. The van der Waals surface area contributed by atoms with Gasteiger partial charge in [-0.2, -0.15) is 0 Å². The number of rotatable bonds is 10. The third kappa shape index (κ3) is 6.56. The molecule has 0 aromatic heterocycles. The normalized spacial score (nSPS) is 19.1. The summed E-state index contributed by atoms with van der Waals surface area (Å²) in [6, 6.07) is 12.3. The Labute approximate surface area is 232 Å². The fourth-order valence-corrected chi connectivity index (χ4v) is 5.12. The summed E-state index contributed by atoms with van der Waals surface area (Å²) < 4.78 is 5.87. The van der Waals surface area contributed by atoms with E-state index in [9.17, 15) is 9.59 Å². The van der Waals surface area contributed by atoms with Crippen LogP contribution in [-0.2, 0) is 9.59 Å². The summed E-state index contributed by atoms with van der Waals surface area (Å²) in [5.41, 5.74) is 6.22. The van der Waals surface area contributed by atoms with E-state index < -0.39 is 5.92 Å². The van der Waals surface area contributed by atoms with E-state index in [1.165, 1.54) is 5.56 Å². The lowest BCUT2D eigenvalue weighted by molar-refractivity contribution is -0.124. The number of aryl methyl sites for hydroxylation is 3. The number of benzene rings is 2. The molecule has 0 aliphatic heterocycles. The number of allylic oxidation sites excluding steroid dienone is 5. The fourth-order valence-electron chi connectivity index (χ4n) is 5.12. The Morgan fingerprint density at radius 3 is 2.41 bits per heavy atom. The van der Waals surface area contributed by atoms with Crippen LogP contribution in [0, 0.1) is 32.6 Å². The van der Waals surface area contributed by atoms with Crippen molar-refractivity contribution in [2.24, 2.45) is 16.8 Å². The lowest BCUT2D eigenvalue weighted by Gasteiger charge is -2.29. The van der Waals surface area contributed by atoms with Gasteiger partial charge in [0.15, 0.2) is 5.78 Å². The molecule has 6 heteroatoms. The predicted octanol–water partition coefficient (Wildman–Crippen LogP) is 5.98. The van der Waals surface area contributed by atoms with Crippen molar-refractivity contribution in [2.45, 2.75) is 41.0 Å². The van der Waals surface area contributed by atoms with Crippen molar-refractivity contribution in [3.63, 3.8) is 0 Å². The molecule has 0 saturated heterocycles. The van der Waals surface area contributed by atoms with Crippen LogP contribution in [-0.4, -0.2) is 43.6 Å². The van der Waals surface area contributed by atoms with Crippen molar-refractivity contribution in [3.8, 4) is 5.75 Å². The van der Waals surface area contributed by atoms with Gasteiger partial charge in [-0.25, -0.2) is 0 Å². The minimum atomic E-state index is -0.428. The summed E-state index contributed by atoms with van der Waals surface area (Å²) in [5.74, 6) is -0.303. The molecule has 2 aliphatic rings. The van der Waals surface area contributed by atoms with E-state index >= 15 is 0 Å². The first-order valence-corrected chi connectivity index (χ1v) is 13.9. The maximum atomic E-state index is 13.3. The molecule has 2 aliphatic carbocycles. The predicted molar refractivity (Wildman–Crippen MR) is 159 cm³/mol. The number of amides is 1. The van der Waals surface area contributed by atoms with Gasteiger partial charge >= 0.3 is 0 Å². The summed E-state index contributed by atoms with van der Waals surface area (Å²) in [5, 5.41) is 2.91. The molecule has 0 bridgehead atoms. The third-order valence-electron chi connectivity index (χ3n) is 7.33. The van der Waals surface area contributed by atoms with Crippen LogP contribution in [0.15, 0.2) is 77.3 Å². The Kier molecular flexibility index (Phi) is 9.18. The molecular weight excluding hydrogens is 486 g/mol. The highest BCUT2D eigenvalue weighted by Crippen LogP contribution is 2.33. The van der Waals surface area contributed by atoms with E-state index in [0.29, 0.717) is 19.6 Å². The van der Waals surface area contributed by atoms with Crippen LogP contribution >= 0.6 is 0 Å². The number of ketones is 1. The molecule has 0 spiro atoms. The third-order valence-corrected chi connectivity index (χ3v) is 7.33. The van der Waals surface area contributed by atoms with Crippen LogP contribution in [0.5, 0.6) is 5.75 Å². The van der Waals surface area contributed by atoms with Crippen LogP contribution < -0.4 is 15.0 Å². The summed E-state index contributed by atoms with van der Waals surface area (Å²) >= 11 is 0. The first kappa shape index (κ1) is 28.1. The van der Waals surface area contributed by atoms with Crippen LogP contribution in [0.25, 0.3) is 0 Å². The van der Waals surface area contributed by atoms with E-state index in [-0.39, 0.29) is 23.2 Å². The number of aliphatic imine (C=N–C) groups is 1. The Morgan fingerprint density at radius 2 is 1.72 bits per heavy atom. The van der Waals surface area contributed by atoms with Crippen molar-refractivity contribution in [3.05, 3.63) is 89.0 Å². The highest BCUT2D eigenvalue weighted by Gasteiger charge is 2.37. The van der Waals surface area contributed by atoms with Gasteiger partial charge in [0.05, 0.1) is 23.8 Å². The molecule has 2 aromatic rings. The topological polar surface area (TPSA) is 71.0 Å². The molecule has 1 N–H and O–H groups in total. The molecule has 0 saturated carbocycles. The second-order valence-electron chi connectivity index (χ2n) is 10.2. The van der Waals surface area contributed by atoms with Crippen LogP contribution in [0.1, 0.15) is 37.0 Å². The van der Waals surface area contributed by atoms with Crippen molar-refractivity contribution in [2.75, 3.05) is 31.1 Å². The molecule has 39 heavy (non-hydrogen) atoms. The van der Waals surface area contributed by atoms with Gasteiger partial charge in [0, 0.05) is 37.0 Å². The van der Waals surface area contributed by atoms with Gasteiger partial charge in [0.25, 0.3) is 5.91 Å². The Morgan fingerprint density at radius 1 is 0.974 bits per heavy atom. The maximum Gasteiger partial charge on any atom is 0.254 e. The lowest BCUT2D eigenvalue weighted by atomic mass is 9.75. The van der Waals surface area contributed by atoms with Gasteiger partial charge in [-0.15, -0.1) is 0 Å². The minimum absolute atomic E-state index is 0.155. The van der Waals surface area contributed by atoms with Crippen LogP contribution in [0.3, 0.4) is 0 Å². The summed E-state index contributed by atoms with van der Waals surface area (Å²) in [6.07, 6.45) is 9.98. The molecule has 204 valence electrons. The number of fused-ring (bicyclic) bond motifs is 1. The largest absolute Gasteiger partial charge is 0.493 e. The number of carbonyl (C=O) groups is 2. The average molecular weight is 526 g/mol. The van der Waals surface area contributed by atoms with Gasteiger partial charge in [-0.05, 0) is 82.5 Å². The molecule has 2 aromatic carbocycles. The van der Waals surface area contributed by atoms with E-state index in [2.05, 4.69) is 49.2 Å². The van der Waals surface area contributed by atoms with E-state index in [0.717, 1.165) is 47.1 Å². The first-order chi connectivity index (χ1) is 18.8. The zero-order valence-electron chi connectivity index (χ0n) is 23.7. The van der Waals surface area contributed by atoms with Crippen LogP contribution in [0.2, 0.25) is 0 Å². The molecule has 0 fully saturated rings. The maximum absolute atomic E-state index is 13.3. The number of hydrogen-bond acceptors (Lipinski definition) is 5. The van der Waals surface area contributed by atoms with Gasteiger partial charge in [0.2, 0.25) is 0 Å². The van der Waals surface area contributed by atoms with E-state index in [1.807, 2.05) is 56.4 Å². The number of nitrogens with one attached hydrogen (secondary N) is 1. The zero-order valence-corrected chi connectivity index (χ0v) is 23.7. The standard InChI is InChI=1S/C33H39N3O3/c1-6-36(7-2)25-14-15-29(23(4)20-25)35-30-21-28(32(37)27-12-9-8-11-26(27)30)33(38)34-17-10-18-39-31-16-13-22(3)19-24(31)5/h8-9,11-16,19-21,26-27H,6-7,10,17-18H2,1-5H3,(H,34,38). The lowest BCUT2D eigenvalue weighted by Crippen LogP contribution is -2.39. The molecular formula is C33H39N3O3. The second kappa shape index (κ2) is 12.7. The van der Waals surface area contributed by atoms with Gasteiger partial charge in [-0.1, -0.05) is 42.0 Å².